The van der Waals surface area contributed by atoms with E-state index >= 15 is 0 Å². The smallest absolute Gasteiger partial charge is 0.330 e. The van der Waals surface area contributed by atoms with Crippen LogP contribution in [0, 0.1) is 29.1 Å². The van der Waals surface area contributed by atoms with Crippen LogP contribution in [0.25, 0.3) is 0 Å². The highest BCUT2D eigenvalue weighted by atomic mass is 16.5. The summed E-state index contributed by atoms with van der Waals surface area (Å²) in [6.45, 7) is 8.15. The number of esters is 1. The molecule has 0 saturated heterocycles. The van der Waals surface area contributed by atoms with Crippen LogP contribution in [-0.2, 0) is 9.53 Å². The average Bonchev–Trinajstić information content (AvgIpc) is 2.32. The van der Waals surface area contributed by atoms with Gasteiger partial charge in [0.05, 0.1) is 0 Å². The first kappa shape index (κ1) is 12.3. The molecular weight excluding hydrogens is 224 g/mol. The first-order valence-electron chi connectivity index (χ1n) is 7.38. The van der Waals surface area contributed by atoms with Gasteiger partial charge < -0.3 is 4.74 Å². The molecule has 0 aliphatic heterocycles. The van der Waals surface area contributed by atoms with Gasteiger partial charge in [0.1, 0.15) is 6.10 Å². The summed E-state index contributed by atoms with van der Waals surface area (Å²) in [5, 5.41) is 0. The van der Waals surface area contributed by atoms with Crippen molar-refractivity contribution in [3.63, 3.8) is 0 Å². The normalized spacial score (nSPS) is 45.3. The third kappa shape index (κ3) is 1.64. The quantitative estimate of drug-likeness (QED) is 0.564. The Hall–Kier alpha value is -0.790. The third-order valence-electron chi connectivity index (χ3n) is 5.83. The summed E-state index contributed by atoms with van der Waals surface area (Å²) < 4.78 is 5.78. The molecule has 4 bridgehead atoms. The number of ether oxygens (including phenoxy) is 1. The molecule has 0 radical (unpaired) electrons. The lowest BCUT2D eigenvalue weighted by molar-refractivity contribution is -0.200. The van der Waals surface area contributed by atoms with Crippen molar-refractivity contribution >= 4 is 5.97 Å². The van der Waals surface area contributed by atoms with Crippen molar-refractivity contribution in [2.24, 2.45) is 29.1 Å². The first-order chi connectivity index (χ1) is 8.55. The van der Waals surface area contributed by atoms with E-state index in [1.165, 1.54) is 38.2 Å². The van der Waals surface area contributed by atoms with Gasteiger partial charge in [-0.2, -0.15) is 0 Å². The molecule has 0 heterocycles. The molecule has 2 heteroatoms. The monoisotopic (exact) mass is 248 g/mol. The summed E-state index contributed by atoms with van der Waals surface area (Å²) >= 11 is 0. The molecule has 0 N–H and O–H groups in total. The van der Waals surface area contributed by atoms with Gasteiger partial charge in [-0.05, 0) is 55.8 Å². The van der Waals surface area contributed by atoms with Gasteiger partial charge in [0.15, 0.2) is 0 Å². The highest BCUT2D eigenvalue weighted by Gasteiger charge is 2.59. The van der Waals surface area contributed by atoms with Gasteiger partial charge in [0.25, 0.3) is 0 Å². The Morgan fingerprint density at radius 3 is 2.39 bits per heavy atom. The Kier molecular flexibility index (Phi) is 2.80. The molecule has 0 amide bonds. The molecular formula is C16H24O2. The molecule has 4 rings (SSSR count). The molecule has 4 fully saturated rings. The van der Waals surface area contributed by atoms with Gasteiger partial charge in [-0.15, -0.1) is 0 Å². The Morgan fingerprint density at radius 1 is 1.28 bits per heavy atom. The van der Waals surface area contributed by atoms with Crippen LogP contribution >= 0.6 is 0 Å². The van der Waals surface area contributed by atoms with Crippen molar-refractivity contribution in [3.05, 3.63) is 12.7 Å². The second-order valence-corrected chi connectivity index (χ2v) is 7.06. The van der Waals surface area contributed by atoms with Gasteiger partial charge >= 0.3 is 5.97 Å². The molecule has 4 aliphatic rings. The fourth-order valence-electron chi connectivity index (χ4n) is 5.24. The SMILES string of the molecule is C=CC(=O)OC1C2CC3CC(C2)CC1(C(C)C)C3. The highest BCUT2D eigenvalue weighted by Crippen LogP contribution is 2.63. The molecule has 100 valence electrons. The molecule has 3 atom stereocenters. The van der Waals surface area contributed by atoms with E-state index in [-0.39, 0.29) is 17.5 Å². The molecule has 0 aromatic heterocycles. The summed E-state index contributed by atoms with van der Waals surface area (Å²) in [5.41, 5.74) is 0.257. The van der Waals surface area contributed by atoms with Crippen LogP contribution in [0.5, 0.6) is 0 Å². The Morgan fingerprint density at radius 2 is 1.89 bits per heavy atom. The van der Waals surface area contributed by atoms with E-state index in [1.807, 2.05) is 0 Å². The lowest BCUT2D eigenvalue weighted by Gasteiger charge is -2.62. The van der Waals surface area contributed by atoms with Gasteiger partial charge in [-0.3, -0.25) is 0 Å². The number of carbonyl (C=O) groups is 1. The maximum Gasteiger partial charge on any atom is 0.330 e. The van der Waals surface area contributed by atoms with E-state index in [2.05, 4.69) is 20.4 Å². The van der Waals surface area contributed by atoms with Crippen LogP contribution in [0.2, 0.25) is 0 Å². The van der Waals surface area contributed by atoms with Crippen LogP contribution in [-0.4, -0.2) is 12.1 Å². The second-order valence-electron chi connectivity index (χ2n) is 7.06. The number of hydrogen-bond donors (Lipinski definition) is 0. The van der Waals surface area contributed by atoms with Crippen molar-refractivity contribution in [1.82, 2.24) is 0 Å². The molecule has 3 unspecified atom stereocenters. The zero-order valence-electron chi connectivity index (χ0n) is 11.5. The van der Waals surface area contributed by atoms with Crippen molar-refractivity contribution in [3.8, 4) is 0 Å². The molecule has 4 aliphatic carbocycles. The highest BCUT2D eigenvalue weighted by molar-refractivity contribution is 5.81. The zero-order chi connectivity index (χ0) is 12.9. The predicted octanol–water partition coefficient (Wildman–Crippen LogP) is 3.57. The number of carbonyl (C=O) groups excluding carboxylic acids is 1. The lowest BCUT2D eigenvalue weighted by Crippen LogP contribution is -2.59. The van der Waals surface area contributed by atoms with E-state index in [9.17, 15) is 4.79 Å². The summed E-state index contributed by atoms with van der Waals surface area (Å²) in [6, 6.07) is 0. The van der Waals surface area contributed by atoms with Crippen molar-refractivity contribution in [1.29, 1.82) is 0 Å². The van der Waals surface area contributed by atoms with Gasteiger partial charge in [0.2, 0.25) is 0 Å². The van der Waals surface area contributed by atoms with Crippen LogP contribution in [0.4, 0.5) is 0 Å². The third-order valence-corrected chi connectivity index (χ3v) is 5.83. The largest absolute Gasteiger partial charge is 0.458 e. The Labute approximate surface area is 110 Å². The molecule has 18 heavy (non-hydrogen) atoms. The van der Waals surface area contributed by atoms with Crippen LogP contribution in [0.15, 0.2) is 12.7 Å². The zero-order valence-corrected chi connectivity index (χ0v) is 11.5. The maximum atomic E-state index is 11.6. The van der Waals surface area contributed by atoms with E-state index in [4.69, 9.17) is 4.74 Å². The minimum Gasteiger partial charge on any atom is -0.458 e. The van der Waals surface area contributed by atoms with E-state index < -0.39 is 0 Å². The number of rotatable bonds is 3. The summed E-state index contributed by atoms with van der Waals surface area (Å²) in [4.78, 5) is 11.6. The Balaban J connectivity index is 1.90. The molecule has 2 nitrogen and oxygen atoms in total. The van der Waals surface area contributed by atoms with Gasteiger partial charge in [-0.1, -0.05) is 20.4 Å². The minimum absolute atomic E-state index is 0.149. The fraction of sp³-hybridized carbons (Fsp3) is 0.812. The molecule has 0 aromatic rings. The van der Waals surface area contributed by atoms with E-state index in [0.29, 0.717) is 11.8 Å². The predicted molar refractivity (Wildman–Crippen MR) is 70.9 cm³/mol. The summed E-state index contributed by atoms with van der Waals surface area (Å²) in [5.74, 6) is 2.77. The van der Waals surface area contributed by atoms with Crippen molar-refractivity contribution in [2.45, 2.75) is 52.1 Å². The van der Waals surface area contributed by atoms with Gasteiger partial charge in [-0.25, -0.2) is 4.79 Å². The summed E-state index contributed by atoms with van der Waals surface area (Å²) in [7, 11) is 0. The summed E-state index contributed by atoms with van der Waals surface area (Å²) in [6.07, 6.45) is 7.99. The number of hydrogen-bond acceptors (Lipinski definition) is 2. The van der Waals surface area contributed by atoms with Crippen LogP contribution in [0.1, 0.15) is 46.0 Å². The van der Waals surface area contributed by atoms with Crippen molar-refractivity contribution < 1.29 is 9.53 Å². The topological polar surface area (TPSA) is 26.3 Å². The second kappa shape index (κ2) is 4.11. The van der Waals surface area contributed by atoms with E-state index in [1.54, 1.807) is 0 Å². The lowest BCUT2D eigenvalue weighted by atomic mass is 9.45. The standard InChI is InChI=1S/C16H24O2/c1-4-14(17)18-15-13-6-11-5-12(7-13)9-16(15,8-11)10(2)3/h4,10-13,15H,1,5-9H2,2-3H3. The van der Waals surface area contributed by atoms with Crippen molar-refractivity contribution in [2.75, 3.05) is 0 Å². The minimum atomic E-state index is -0.229. The maximum absolute atomic E-state index is 11.6. The Bertz CT molecular complexity index is 357. The van der Waals surface area contributed by atoms with Crippen LogP contribution in [0.3, 0.4) is 0 Å². The van der Waals surface area contributed by atoms with Gasteiger partial charge in [0, 0.05) is 11.5 Å². The molecule has 0 spiro atoms. The van der Waals surface area contributed by atoms with E-state index in [0.717, 1.165) is 11.8 Å². The molecule has 4 saturated carbocycles. The average molecular weight is 248 g/mol. The van der Waals surface area contributed by atoms with Crippen LogP contribution < -0.4 is 0 Å². The first-order valence-corrected chi connectivity index (χ1v) is 7.38. The fourth-order valence-corrected chi connectivity index (χ4v) is 5.24. The molecule has 0 aromatic carbocycles.